The second-order valence-corrected chi connectivity index (χ2v) is 15.4. The number of nitrogens with one attached hydrogen (secondary N) is 2. The highest BCUT2D eigenvalue weighted by Gasteiger charge is 2.57. The van der Waals surface area contributed by atoms with Gasteiger partial charge in [-0.05, 0) is 80.3 Å². The van der Waals surface area contributed by atoms with Crippen molar-refractivity contribution in [3.63, 3.8) is 0 Å². The van der Waals surface area contributed by atoms with Gasteiger partial charge in [-0.1, -0.05) is 39.0 Å². The van der Waals surface area contributed by atoms with Crippen LogP contribution in [0, 0.1) is 29.1 Å². The number of benzene rings is 2. The molecule has 3 aliphatic carbocycles. The van der Waals surface area contributed by atoms with Crippen LogP contribution < -0.4 is 20.1 Å². The Kier molecular flexibility index (Phi) is 10.3. The molecule has 11 heteroatoms. The summed E-state index contributed by atoms with van der Waals surface area (Å²) >= 11 is 0. The van der Waals surface area contributed by atoms with E-state index < -0.39 is 24.2 Å². The Hall–Kier alpha value is -3.22. The highest BCUT2D eigenvalue weighted by atomic mass is 16.7. The molecule has 3 saturated carbocycles. The van der Waals surface area contributed by atoms with Crippen LogP contribution in [-0.4, -0.2) is 104 Å². The molecule has 0 aromatic heterocycles. The number of likely N-dealkylation sites (N-methyl/N-ethyl adjacent to an activating group) is 1. The van der Waals surface area contributed by atoms with Crippen molar-refractivity contribution in [2.75, 3.05) is 47.5 Å². The smallest absolute Gasteiger partial charge is 0.255 e. The van der Waals surface area contributed by atoms with Crippen LogP contribution >= 0.6 is 0 Å². The summed E-state index contributed by atoms with van der Waals surface area (Å²) in [5.74, 6) is 1.67. The van der Waals surface area contributed by atoms with E-state index in [1.54, 1.807) is 19.1 Å². The first-order chi connectivity index (χ1) is 23.3. The second kappa shape index (κ2) is 14.2. The number of hydrogen-bond donors (Lipinski definition) is 4. The topological polar surface area (TPSA) is 133 Å². The molecule has 2 amide bonds. The number of nitrogens with zero attached hydrogens (tertiary/aromatic N) is 2. The van der Waals surface area contributed by atoms with Gasteiger partial charge in [0.05, 0.1) is 38.5 Å². The van der Waals surface area contributed by atoms with Gasteiger partial charge in [0.25, 0.3) is 5.91 Å². The lowest BCUT2D eigenvalue weighted by Crippen LogP contribution is -2.62. The Morgan fingerprint density at radius 2 is 1.98 bits per heavy atom. The van der Waals surface area contributed by atoms with Crippen molar-refractivity contribution in [2.24, 2.45) is 29.1 Å². The zero-order chi connectivity index (χ0) is 35.2. The Balaban J connectivity index is 1.28. The van der Waals surface area contributed by atoms with Crippen molar-refractivity contribution in [1.29, 1.82) is 0 Å². The molecular formula is C38H54N4O7. The predicted octanol–water partition coefficient (Wildman–Crippen LogP) is 3.25. The molecule has 1 saturated heterocycles. The van der Waals surface area contributed by atoms with Crippen molar-refractivity contribution in [3.05, 3.63) is 47.0 Å². The van der Waals surface area contributed by atoms with Gasteiger partial charge in [0, 0.05) is 42.6 Å². The fourth-order valence-electron chi connectivity index (χ4n) is 8.95. The van der Waals surface area contributed by atoms with Gasteiger partial charge >= 0.3 is 0 Å². The Morgan fingerprint density at radius 3 is 2.63 bits per heavy atom. The van der Waals surface area contributed by atoms with Gasteiger partial charge in [-0.25, -0.2) is 0 Å². The number of rotatable bonds is 12. The van der Waals surface area contributed by atoms with Gasteiger partial charge in [-0.15, -0.1) is 0 Å². The van der Waals surface area contributed by atoms with E-state index in [2.05, 4.69) is 31.4 Å². The molecule has 11 nitrogen and oxygen atoms in total. The Labute approximate surface area is 290 Å². The summed E-state index contributed by atoms with van der Waals surface area (Å²) in [6, 6.07) is 8.92. The fourth-order valence-corrected chi connectivity index (χ4v) is 8.95. The lowest BCUT2D eigenvalue weighted by molar-refractivity contribution is -0.183. The highest BCUT2D eigenvalue weighted by Crippen LogP contribution is 2.61. The summed E-state index contributed by atoms with van der Waals surface area (Å²) in [5.41, 5.74) is 4.12. The minimum Gasteiger partial charge on any atom is -0.496 e. The molecule has 49 heavy (non-hydrogen) atoms. The number of hydroxylamine groups is 2. The second-order valence-electron chi connectivity index (χ2n) is 15.4. The van der Waals surface area contributed by atoms with Gasteiger partial charge in [0.1, 0.15) is 23.6 Å². The predicted molar refractivity (Wildman–Crippen MR) is 186 cm³/mol. The molecular weight excluding hydrogens is 624 g/mol. The average Bonchev–Trinajstić information content (AvgIpc) is 3.69. The van der Waals surface area contributed by atoms with E-state index in [-0.39, 0.29) is 36.4 Å². The van der Waals surface area contributed by atoms with E-state index in [0.717, 1.165) is 28.7 Å². The first-order valence-electron chi connectivity index (χ1n) is 17.8. The maximum Gasteiger partial charge on any atom is 0.255 e. The third-order valence-corrected chi connectivity index (χ3v) is 11.9. The number of ether oxygens (including phenoxy) is 2. The standard InChI is InChI=1S/C38H54N4O7/c1-21-29-17-26(38(29,3)4)18-30(21)40-37(46)33-32(22(2)44)31(20-43)49-42(33)19-24-9-8-10-27(34(24)47-7)25-15-23-11-14-48-35(23)28(16-25)36(45)39-12-13-41(5)6/h8-10,15-16,21-22,26,29-33,43-44H,11-14,17-20H2,1-7H3,(H,39,45)(H,40,46)/t21-,22-,26+,29-,30-,31-,32+,33-/m0/s1. The lowest BCUT2D eigenvalue weighted by Gasteiger charge is -2.62. The lowest BCUT2D eigenvalue weighted by atomic mass is 9.45. The van der Waals surface area contributed by atoms with Crippen molar-refractivity contribution in [3.8, 4) is 22.6 Å². The molecule has 0 spiro atoms. The van der Waals surface area contributed by atoms with Crippen LogP contribution in [0.2, 0.25) is 0 Å². The molecule has 2 aromatic carbocycles. The van der Waals surface area contributed by atoms with Crippen LogP contribution in [0.1, 0.15) is 62.0 Å². The summed E-state index contributed by atoms with van der Waals surface area (Å²) in [4.78, 5) is 35.8. The number of carbonyl (C=O) groups excluding carboxylic acids is 2. The van der Waals surface area contributed by atoms with Gasteiger partial charge in [-0.2, -0.15) is 5.06 Å². The number of carbonyl (C=O) groups is 2. The highest BCUT2D eigenvalue weighted by molar-refractivity contribution is 5.99. The normalized spacial score (nSPS) is 29.1. The quantitative estimate of drug-likeness (QED) is 0.267. The number of hydrogen-bond acceptors (Lipinski definition) is 9. The van der Waals surface area contributed by atoms with Gasteiger partial charge < -0.3 is 35.2 Å². The van der Waals surface area contributed by atoms with E-state index in [0.29, 0.717) is 60.9 Å². The van der Waals surface area contributed by atoms with Gasteiger partial charge in [-0.3, -0.25) is 14.4 Å². The molecule has 2 heterocycles. The molecule has 2 aromatic rings. The number of aliphatic hydroxyl groups excluding tert-OH is 2. The minimum atomic E-state index is -0.891. The molecule has 2 aliphatic heterocycles. The minimum absolute atomic E-state index is 0.0462. The molecule has 268 valence electrons. The summed E-state index contributed by atoms with van der Waals surface area (Å²) in [5, 5.41) is 29.1. The van der Waals surface area contributed by atoms with Crippen LogP contribution in [0.4, 0.5) is 0 Å². The van der Waals surface area contributed by atoms with Crippen LogP contribution in [0.15, 0.2) is 30.3 Å². The summed E-state index contributed by atoms with van der Waals surface area (Å²) < 4.78 is 11.9. The average molecular weight is 679 g/mol. The number of aliphatic hydroxyl groups is 2. The molecule has 0 radical (unpaired) electrons. The number of amides is 2. The van der Waals surface area contributed by atoms with Crippen LogP contribution in [0.5, 0.6) is 11.5 Å². The summed E-state index contributed by atoms with van der Waals surface area (Å²) in [7, 11) is 5.53. The molecule has 4 N–H and O–H groups in total. The largest absolute Gasteiger partial charge is 0.496 e. The van der Waals surface area contributed by atoms with E-state index >= 15 is 0 Å². The van der Waals surface area contributed by atoms with Crippen LogP contribution in [0.25, 0.3) is 11.1 Å². The molecule has 2 bridgehead atoms. The zero-order valence-electron chi connectivity index (χ0n) is 30.0. The third-order valence-electron chi connectivity index (χ3n) is 11.9. The van der Waals surface area contributed by atoms with Gasteiger partial charge in [0.15, 0.2) is 0 Å². The molecule has 4 fully saturated rings. The Morgan fingerprint density at radius 1 is 1.20 bits per heavy atom. The third kappa shape index (κ3) is 6.68. The van der Waals surface area contributed by atoms with E-state index in [4.69, 9.17) is 14.3 Å². The SMILES string of the molecule is COc1c(CN2O[C@@H](CO)[C@@H]([C@H](C)O)[C@H]2C(=O)N[C@H]2C[C@H]3C[C@@H]([C@@H]2C)C3(C)C)cccc1-c1cc2c(c(C(=O)NCCN(C)C)c1)OCC2. The van der Waals surface area contributed by atoms with Crippen molar-refractivity contribution in [2.45, 2.75) is 77.8 Å². The summed E-state index contributed by atoms with van der Waals surface area (Å²) in [6.07, 6.45) is 1.20. The van der Waals surface area contributed by atoms with Crippen LogP contribution in [0.3, 0.4) is 0 Å². The first kappa shape index (κ1) is 35.6. The Bertz CT molecular complexity index is 1540. The number of para-hydroxylation sites is 1. The molecule has 7 rings (SSSR count). The molecule has 5 aliphatic rings. The van der Waals surface area contributed by atoms with Crippen molar-refractivity contribution >= 4 is 11.8 Å². The molecule has 0 unspecified atom stereocenters. The molecule has 8 atom stereocenters. The van der Waals surface area contributed by atoms with Crippen molar-refractivity contribution in [1.82, 2.24) is 20.6 Å². The maximum atomic E-state index is 14.2. The van der Waals surface area contributed by atoms with Crippen molar-refractivity contribution < 1.29 is 34.1 Å². The maximum absolute atomic E-state index is 14.2. The summed E-state index contributed by atoms with van der Waals surface area (Å²) in [6.45, 7) is 10.1. The van der Waals surface area contributed by atoms with Crippen LogP contribution in [-0.2, 0) is 22.6 Å². The van der Waals surface area contributed by atoms with E-state index in [9.17, 15) is 19.8 Å². The van der Waals surface area contributed by atoms with E-state index in [1.165, 1.54) is 6.42 Å². The number of fused-ring (bicyclic) bond motifs is 3. The monoisotopic (exact) mass is 678 g/mol. The van der Waals surface area contributed by atoms with Gasteiger partial charge in [0.2, 0.25) is 5.91 Å². The number of methoxy groups -OCH3 is 1. The van der Waals surface area contributed by atoms with E-state index in [1.807, 2.05) is 49.3 Å². The fraction of sp³-hybridized carbons (Fsp3) is 0.632. The first-order valence-corrected chi connectivity index (χ1v) is 17.8. The zero-order valence-corrected chi connectivity index (χ0v) is 30.0.